The zero-order chi connectivity index (χ0) is 23.4. The van der Waals surface area contributed by atoms with Gasteiger partial charge in [-0.15, -0.1) is 0 Å². The monoisotopic (exact) mass is 444 g/mol. The lowest BCUT2D eigenvalue weighted by Gasteiger charge is -2.35. The van der Waals surface area contributed by atoms with E-state index < -0.39 is 41.9 Å². The molecule has 0 spiro atoms. The lowest BCUT2D eigenvalue weighted by atomic mass is 9.90. The minimum atomic E-state index is -0.871. The molecule has 0 unspecified atom stereocenters. The van der Waals surface area contributed by atoms with Crippen molar-refractivity contribution in [1.29, 1.82) is 0 Å². The lowest BCUT2D eigenvalue weighted by molar-refractivity contribution is -0.191. The van der Waals surface area contributed by atoms with Crippen LogP contribution in [0.5, 0.6) is 0 Å². The Balaban J connectivity index is 1.59. The largest absolute Gasteiger partial charge is 0.459 e. The zero-order valence-electron chi connectivity index (χ0n) is 19.0. The summed E-state index contributed by atoms with van der Waals surface area (Å²) in [7, 11) is 0. The van der Waals surface area contributed by atoms with Crippen molar-refractivity contribution in [2.45, 2.75) is 65.3 Å². The number of cyclic esters (lactones) is 1. The smallest absolute Gasteiger partial charge is 0.329 e. The second-order valence-corrected chi connectivity index (χ2v) is 9.27. The van der Waals surface area contributed by atoms with Crippen LogP contribution in [0.25, 0.3) is 0 Å². The van der Waals surface area contributed by atoms with Gasteiger partial charge in [-0.25, -0.2) is 4.79 Å². The van der Waals surface area contributed by atoms with Gasteiger partial charge in [0.2, 0.25) is 5.91 Å². The molecule has 3 rings (SSSR count). The highest BCUT2D eigenvalue weighted by atomic mass is 16.6. The van der Waals surface area contributed by atoms with Crippen molar-refractivity contribution in [1.82, 2.24) is 10.6 Å². The maximum Gasteiger partial charge on any atom is 0.329 e. The summed E-state index contributed by atoms with van der Waals surface area (Å²) >= 11 is 0. The average molecular weight is 445 g/mol. The number of hydrogen-bond donors (Lipinski definition) is 2. The molecule has 174 valence electrons. The zero-order valence-corrected chi connectivity index (χ0v) is 19.0. The Kier molecular flexibility index (Phi) is 7.53. The molecule has 1 aromatic carbocycles. The third-order valence-electron chi connectivity index (χ3n) is 5.92. The molecular weight excluding hydrogens is 412 g/mol. The predicted molar refractivity (Wildman–Crippen MR) is 116 cm³/mol. The first kappa shape index (κ1) is 23.8. The van der Waals surface area contributed by atoms with E-state index in [0.29, 0.717) is 0 Å². The highest BCUT2D eigenvalue weighted by molar-refractivity contribution is 5.97. The van der Waals surface area contributed by atoms with E-state index in [1.807, 2.05) is 44.2 Å². The maximum atomic E-state index is 13.0. The third kappa shape index (κ3) is 5.66. The SMILES string of the molecule is CC(C)[C@H](NC(=O)[C@@H]1OC(=O)[C@H]1C1CC1)C(=O)N[C@H](C(=O)OCc1ccccc1)C(C)C. The van der Waals surface area contributed by atoms with Gasteiger partial charge in [-0.3, -0.25) is 14.4 Å². The molecule has 1 aromatic rings. The molecule has 1 aliphatic carbocycles. The molecule has 32 heavy (non-hydrogen) atoms. The molecule has 1 saturated carbocycles. The number of amides is 2. The molecule has 1 saturated heterocycles. The van der Waals surface area contributed by atoms with E-state index in [1.54, 1.807) is 13.8 Å². The normalized spacial score (nSPS) is 21.9. The van der Waals surface area contributed by atoms with Crippen molar-refractivity contribution in [3.8, 4) is 0 Å². The third-order valence-corrected chi connectivity index (χ3v) is 5.92. The maximum absolute atomic E-state index is 13.0. The van der Waals surface area contributed by atoms with Crippen molar-refractivity contribution in [3.63, 3.8) is 0 Å². The van der Waals surface area contributed by atoms with Crippen LogP contribution in [-0.2, 0) is 35.3 Å². The summed E-state index contributed by atoms with van der Waals surface area (Å²) in [6, 6.07) is 7.56. The van der Waals surface area contributed by atoms with E-state index in [2.05, 4.69) is 10.6 Å². The number of esters is 2. The van der Waals surface area contributed by atoms with Crippen molar-refractivity contribution in [3.05, 3.63) is 35.9 Å². The molecule has 2 fully saturated rings. The number of nitrogens with one attached hydrogen (secondary N) is 2. The number of carbonyl (C=O) groups is 4. The van der Waals surface area contributed by atoms with Crippen LogP contribution in [0.1, 0.15) is 46.1 Å². The number of carbonyl (C=O) groups excluding carboxylic acids is 4. The molecule has 0 radical (unpaired) electrons. The molecular formula is C24H32N2O6. The quantitative estimate of drug-likeness (QED) is 0.534. The second-order valence-electron chi connectivity index (χ2n) is 9.27. The summed E-state index contributed by atoms with van der Waals surface area (Å²) in [5.41, 5.74) is 0.849. The number of ether oxygens (including phenoxy) is 2. The summed E-state index contributed by atoms with van der Waals surface area (Å²) in [5, 5.41) is 5.45. The van der Waals surface area contributed by atoms with Gasteiger partial charge in [0.05, 0.1) is 0 Å². The minimum absolute atomic E-state index is 0.110. The predicted octanol–water partition coefficient (Wildman–Crippen LogP) is 1.96. The van der Waals surface area contributed by atoms with Gasteiger partial charge >= 0.3 is 11.9 Å². The summed E-state index contributed by atoms with van der Waals surface area (Å²) in [4.78, 5) is 50.0. The molecule has 2 N–H and O–H groups in total. The fraction of sp³-hybridized carbons (Fsp3) is 0.583. The Hall–Kier alpha value is -2.90. The van der Waals surface area contributed by atoms with Crippen molar-refractivity contribution in [2.75, 3.05) is 0 Å². The molecule has 0 bridgehead atoms. The van der Waals surface area contributed by atoms with Gasteiger partial charge in [0.15, 0.2) is 6.10 Å². The fourth-order valence-electron chi connectivity index (χ4n) is 3.77. The van der Waals surface area contributed by atoms with Gasteiger partial charge in [0.25, 0.3) is 5.91 Å². The van der Waals surface area contributed by atoms with Crippen LogP contribution < -0.4 is 10.6 Å². The van der Waals surface area contributed by atoms with Crippen LogP contribution >= 0.6 is 0 Å². The first-order valence-corrected chi connectivity index (χ1v) is 11.2. The van der Waals surface area contributed by atoms with Gasteiger partial charge in [0.1, 0.15) is 24.6 Å². The highest BCUT2D eigenvalue weighted by Crippen LogP contribution is 2.44. The lowest BCUT2D eigenvalue weighted by Crippen LogP contribution is -2.60. The Morgan fingerprint density at radius 2 is 1.62 bits per heavy atom. The summed E-state index contributed by atoms with van der Waals surface area (Å²) in [6.45, 7) is 7.33. The van der Waals surface area contributed by atoms with Gasteiger partial charge in [0, 0.05) is 0 Å². The molecule has 1 heterocycles. The molecule has 1 aliphatic heterocycles. The number of hydrogen-bond acceptors (Lipinski definition) is 6. The van der Waals surface area contributed by atoms with Gasteiger partial charge in [-0.05, 0) is 36.2 Å². The van der Waals surface area contributed by atoms with Crippen molar-refractivity contribution < 1.29 is 28.7 Å². The molecule has 8 nitrogen and oxygen atoms in total. The fourth-order valence-corrected chi connectivity index (χ4v) is 3.77. The van der Waals surface area contributed by atoms with Gasteiger partial charge in [-0.2, -0.15) is 0 Å². The van der Waals surface area contributed by atoms with E-state index >= 15 is 0 Å². The molecule has 8 heteroatoms. The summed E-state index contributed by atoms with van der Waals surface area (Å²) in [5.74, 6) is -2.49. The Labute approximate surface area is 188 Å². The van der Waals surface area contributed by atoms with E-state index in [-0.39, 0.29) is 30.3 Å². The average Bonchev–Trinajstić information content (AvgIpc) is 3.56. The number of rotatable bonds is 10. The Bertz CT molecular complexity index is 849. The Morgan fingerprint density at radius 1 is 1.00 bits per heavy atom. The Morgan fingerprint density at radius 3 is 2.16 bits per heavy atom. The van der Waals surface area contributed by atoms with Crippen LogP contribution in [0.15, 0.2) is 30.3 Å². The number of benzene rings is 1. The highest BCUT2D eigenvalue weighted by Gasteiger charge is 2.55. The van der Waals surface area contributed by atoms with Crippen molar-refractivity contribution >= 4 is 23.8 Å². The van der Waals surface area contributed by atoms with Crippen molar-refractivity contribution in [2.24, 2.45) is 23.7 Å². The minimum Gasteiger partial charge on any atom is -0.459 e. The van der Waals surface area contributed by atoms with Crippen LogP contribution in [0.3, 0.4) is 0 Å². The van der Waals surface area contributed by atoms with E-state index in [0.717, 1.165) is 18.4 Å². The first-order chi connectivity index (χ1) is 15.2. The molecule has 4 atom stereocenters. The van der Waals surface area contributed by atoms with E-state index in [4.69, 9.17) is 9.47 Å². The summed E-state index contributed by atoms with van der Waals surface area (Å²) < 4.78 is 10.4. The van der Waals surface area contributed by atoms with Crippen LogP contribution in [0, 0.1) is 23.7 Å². The van der Waals surface area contributed by atoms with Gasteiger partial charge in [-0.1, -0.05) is 58.0 Å². The second kappa shape index (κ2) is 10.1. The van der Waals surface area contributed by atoms with Crippen LogP contribution in [0.2, 0.25) is 0 Å². The van der Waals surface area contributed by atoms with Crippen LogP contribution in [-0.4, -0.2) is 41.9 Å². The topological polar surface area (TPSA) is 111 Å². The van der Waals surface area contributed by atoms with Crippen LogP contribution in [0.4, 0.5) is 0 Å². The summed E-state index contributed by atoms with van der Waals surface area (Å²) in [6.07, 6.45) is 0.984. The molecule has 2 aliphatic rings. The molecule has 0 aromatic heterocycles. The molecule has 2 amide bonds. The van der Waals surface area contributed by atoms with Gasteiger partial charge < -0.3 is 20.1 Å². The first-order valence-electron chi connectivity index (χ1n) is 11.2. The standard InChI is InChI=1S/C24H32N2O6/c1-13(2)18(25-22(28)20-17(16-10-11-16)23(29)32-20)21(27)26-19(14(3)4)24(30)31-12-15-8-6-5-7-9-15/h5-9,13-14,16-20H,10-12H2,1-4H3,(H,25,28)(H,26,27)/t17-,18-,19-,20+/m0/s1. The van der Waals surface area contributed by atoms with E-state index in [1.165, 1.54) is 0 Å². The van der Waals surface area contributed by atoms with E-state index in [9.17, 15) is 19.2 Å².